The highest BCUT2D eigenvalue weighted by Gasteiger charge is 2.59. The van der Waals surface area contributed by atoms with Gasteiger partial charge >= 0.3 is 5.97 Å². The summed E-state index contributed by atoms with van der Waals surface area (Å²) < 4.78 is 0. The van der Waals surface area contributed by atoms with E-state index in [0.29, 0.717) is 5.92 Å². The number of fused-ring (bicyclic) bond motifs is 2. The lowest BCUT2D eigenvalue weighted by Gasteiger charge is -2.44. The van der Waals surface area contributed by atoms with Crippen LogP contribution in [0.25, 0.3) is 0 Å². The lowest BCUT2D eigenvalue weighted by atomic mass is 9.60. The fourth-order valence-corrected chi connectivity index (χ4v) is 3.80. The first-order valence-electron chi connectivity index (χ1n) is 5.60. The van der Waals surface area contributed by atoms with Gasteiger partial charge in [-0.25, -0.2) is 0 Å². The van der Waals surface area contributed by atoms with Gasteiger partial charge in [-0.3, -0.25) is 4.79 Å². The number of aliphatic carboxylic acids is 1. The van der Waals surface area contributed by atoms with Gasteiger partial charge in [-0.1, -0.05) is 20.8 Å². The van der Waals surface area contributed by atoms with Crippen molar-refractivity contribution in [2.24, 2.45) is 22.7 Å². The molecule has 2 rings (SSSR count). The van der Waals surface area contributed by atoms with Gasteiger partial charge in [-0.05, 0) is 42.4 Å². The van der Waals surface area contributed by atoms with Crippen molar-refractivity contribution in [3.63, 3.8) is 0 Å². The number of rotatable bonds is 1. The maximum atomic E-state index is 11.2. The smallest absolute Gasteiger partial charge is 0.307 e. The topological polar surface area (TPSA) is 37.3 Å². The zero-order chi connectivity index (χ0) is 10.6. The fourth-order valence-electron chi connectivity index (χ4n) is 3.80. The standard InChI is InChI=1S/C12H20O2/c1-11(2,3)12-5-4-8(7-12)6-9(12)10(13)14/h8-9H,4-7H2,1-3H3,(H,13,14). The van der Waals surface area contributed by atoms with Crippen molar-refractivity contribution in [1.82, 2.24) is 0 Å². The van der Waals surface area contributed by atoms with Crippen LogP contribution in [0.15, 0.2) is 0 Å². The van der Waals surface area contributed by atoms with E-state index >= 15 is 0 Å². The highest BCUT2D eigenvalue weighted by molar-refractivity contribution is 5.72. The van der Waals surface area contributed by atoms with Gasteiger partial charge in [-0.15, -0.1) is 0 Å². The first kappa shape index (κ1) is 10.0. The first-order chi connectivity index (χ1) is 6.37. The SMILES string of the molecule is CC(C)(C)C12CCC(CC1C(=O)O)C2. The molecular formula is C12H20O2. The van der Waals surface area contributed by atoms with E-state index < -0.39 is 5.97 Å². The van der Waals surface area contributed by atoms with Crippen molar-refractivity contribution in [2.75, 3.05) is 0 Å². The van der Waals surface area contributed by atoms with Crippen LogP contribution in [0.4, 0.5) is 0 Å². The van der Waals surface area contributed by atoms with Gasteiger partial charge in [0.15, 0.2) is 0 Å². The number of carbonyl (C=O) groups is 1. The van der Waals surface area contributed by atoms with Gasteiger partial charge in [0.05, 0.1) is 5.92 Å². The molecule has 14 heavy (non-hydrogen) atoms. The van der Waals surface area contributed by atoms with E-state index in [4.69, 9.17) is 0 Å². The Bertz CT molecular complexity index is 264. The average Bonchev–Trinajstić information content (AvgIpc) is 2.58. The summed E-state index contributed by atoms with van der Waals surface area (Å²) in [4.78, 5) is 11.2. The minimum Gasteiger partial charge on any atom is -0.481 e. The molecule has 0 heterocycles. The molecule has 2 nitrogen and oxygen atoms in total. The highest BCUT2D eigenvalue weighted by Crippen LogP contribution is 2.65. The van der Waals surface area contributed by atoms with E-state index in [1.165, 1.54) is 6.42 Å². The molecule has 0 saturated heterocycles. The third-order valence-electron chi connectivity index (χ3n) is 4.68. The van der Waals surface area contributed by atoms with E-state index in [1.54, 1.807) is 0 Å². The molecule has 3 unspecified atom stereocenters. The van der Waals surface area contributed by atoms with E-state index in [-0.39, 0.29) is 16.7 Å². The summed E-state index contributed by atoms with van der Waals surface area (Å²) in [6.45, 7) is 6.62. The summed E-state index contributed by atoms with van der Waals surface area (Å²) in [6, 6.07) is 0. The Balaban J connectivity index is 2.35. The van der Waals surface area contributed by atoms with Gasteiger partial charge < -0.3 is 5.11 Å². The van der Waals surface area contributed by atoms with Crippen molar-refractivity contribution in [3.05, 3.63) is 0 Å². The Morgan fingerprint density at radius 1 is 1.43 bits per heavy atom. The molecule has 0 amide bonds. The van der Waals surface area contributed by atoms with Crippen LogP contribution in [0.3, 0.4) is 0 Å². The normalized spacial score (nSPS) is 41.6. The third kappa shape index (κ3) is 1.12. The highest BCUT2D eigenvalue weighted by atomic mass is 16.4. The number of hydrogen-bond donors (Lipinski definition) is 1. The lowest BCUT2D eigenvalue weighted by molar-refractivity contribution is -0.149. The predicted molar refractivity (Wildman–Crippen MR) is 55.0 cm³/mol. The number of carboxylic acids is 1. The number of carboxylic acid groups (broad SMARTS) is 1. The summed E-state index contributed by atoms with van der Waals surface area (Å²) in [6.07, 6.45) is 4.44. The molecule has 0 aromatic rings. The van der Waals surface area contributed by atoms with Crippen molar-refractivity contribution in [3.8, 4) is 0 Å². The second-order valence-electron chi connectivity index (χ2n) is 6.14. The molecule has 0 aliphatic heterocycles. The molecular weight excluding hydrogens is 176 g/mol. The molecule has 3 atom stereocenters. The molecule has 0 aromatic carbocycles. The Kier molecular flexibility index (Phi) is 1.96. The van der Waals surface area contributed by atoms with Crippen LogP contribution < -0.4 is 0 Å². The summed E-state index contributed by atoms with van der Waals surface area (Å²) >= 11 is 0. The quantitative estimate of drug-likeness (QED) is 0.700. The molecule has 2 saturated carbocycles. The predicted octanol–water partition coefficient (Wildman–Crippen LogP) is 2.92. The minimum absolute atomic E-state index is 0.0822. The second kappa shape index (κ2) is 2.74. The zero-order valence-electron chi connectivity index (χ0n) is 9.34. The fraction of sp³-hybridized carbons (Fsp3) is 0.917. The van der Waals surface area contributed by atoms with Crippen molar-refractivity contribution in [1.29, 1.82) is 0 Å². The Labute approximate surface area is 85.7 Å². The van der Waals surface area contributed by atoms with Gasteiger partial charge in [0.2, 0.25) is 0 Å². The molecule has 0 aromatic heterocycles. The molecule has 2 aliphatic carbocycles. The van der Waals surface area contributed by atoms with E-state index in [1.807, 2.05) is 0 Å². The molecule has 2 bridgehead atoms. The van der Waals surface area contributed by atoms with Crippen molar-refractivity contribution >= 4 is 5.97 Å². The van der Waals surface area contributed by atoms with Crippen LogP contribution in [0.1, 0.15) is 46.5 Å². The van der Waals surface area contributed by atoms with E-state index in [0.717, 1.165) is 19.3 Å². The van der Waals surface area contributed by atoms with Gasteiger partial charge in [0.25, 0.3) is 0 Å². The second-order valence-corrected chi connectivity index (χ2v) is 6.14. The summed E-state index contributed by atoms with van der Waals surface area (Å²) in [7, 11) is 0. The molecule has 1 N–H and O–H groups in total. The van der Waals surface area contributed by atoms with Crippen LogP contribution in [-0.2, 0) is 4.79 Å². The van der Waals surface area contributed by atoms with Gasteiger partial charge in [0, 0.05) is 0 Å². The third-order valence-corrected chi connectivity index (χ3v) is 4.68. The molecule has 2 heteroatoms. The van der Waals surface area contributed by atoms with E-state index in [9.17, 15) is 9.90 Å². The van der Waals surface area contributed by atoms with E-state index in [2.05, 4.69) is 20.8 Å². The Morgan fingerprint density at radius 2 is 2.07 bits per heavy atom. The van der Waals surface area contributed by atoms with Crippen LogP contribution in [0.2, 0.25) is 0 Å². The van der Waals surface area contributed by atoms with Crippen molar-refractivity contribution in [2.45, 2.75) is 46.5 Å². The van der Waals surface area contributed by atoms with Crippen LogP contribution >= 0.6 is 0 Å². The Morgan fingerprint density at radius 3 is 2.43 bits per heavy atom. The molecule has 0 spiro atoms. The Hall–Kier alpha value is -0.530. The van der Waals surface area contributed by atoms with Crippen LogP contribution in [0.5, 0.6) is 0 Å². The summed E-state index contributed by atoms with van der Waals surface area (Å²) in [5.74, 6) is 0.0405. The summed E-state index contributed by atoms with van der Waals surface area (Å²) in [5, 5.41) is 9.26. The lowest BCUT2D eigenvalue weighted by Crippen LogP contribution is -2.41. The average molecular weight is 196 g/mol. The largest absolute Gasteiger partial charge is 0.481 e. The minimum atomic E-state index is -0.567. The zero-order valence-corrected chi connectivity index (χ0v) is 9.34. The van der Waals surface area contributed by atoms with Crippen LogP contribution in [-0.4, -0.2) is 11.1 Å². The van der Waals surface area contributed by atoms with Gasteiger partial charge in [-0.2, -0.15) is 0 Å². The molecule has 2 aliphatic rings. The van der Waals surface area contributed by atoms with Crippen molar-refractivity contribution < 1.29 is 9.90 Å². The maximum Gasteiger partial charge on any atom is 0.307 e. The first-order valence-corrected chi connectivity index (χ1v) is 5.60. The summed E-state index contributed by atoms with van der Waals surface area (Å²) in [5.41, 5.74) is 0.227. The monoisotopic (exact) mass is 196 g/mol. The maximum absolute atomic E-state index is 11.2. The van der Waals surface area contributed by atoms with Gasteiger partial charge in [0.1, 0.15) is 0 Å². The van der Waals surface area contributed by atoms with Crippen LogP contribution in [0, 0.1) is 22.7 Å². The molecule has 2 fully saturated rings. The molecule has 80 valence electrons. The number of hydrogen-bond acceptors (Lipinski definition) is 1. The molecule has 0 radical (unpaired) electrons.